The van der Waals surface area contributed by atoms with Crippen molar-refractivity contribution < 1.29 is 14.6 Å². The molecule has 0 amide bonds. The summed E-state index contributed by atoms with van der Waals surface area (Å²) in [5, 5.41) is 8.78. The Balaban J connectivity index is 1.96. The molecule has 6 nitrogen and oxygen atoms in total. The van der Waals surface area contributed by atoms with Crippen molar-refractivity contribution in [3.8, 4) is 11.8 Å². The monoisotopic (exact) mass is 247 g/mol. The standard InChI is InChI=1S/C12H13N3O3/c16-12(17)11-8-10(13-9-14-11)2-1-3-15-4-6-18-7-5-15/h8-9H,3-7H2,(H,16,17). The molecule has 6 heteroatoms. The molecule has 0 radical (unpaired) electrons. The summed E-state index contributed by atoms with van der Waals surface area (Å²) in [5.41, 5.74) is 0.385. The summed E-state index contributed by atoms with van der Waals surface area (Å²) in [6.45, 7) is 3.85. The van der Waals surface area contributed by atoms with Crippen LogP contribution in [0, 0.1) is 11.8 Å². The average Bonchev–Trinajstić information content (AvgIpc) is 2.40. The fourth-order valence-corrected chi connectivity index (χ4v) is 1.54. The van der Waals surface area contributed by atoms with Crippen LogP contribution >= 0.6 is 0 Å². The molecular weight excluding hydrogens is 234 g/mol. The Bertz CT molecular complexity index is 487. The van der Waals surface area contributed by atoms with Gasteiger partial charge in [0.05, 0.1) is 19.8 Å². The predicted octanol–water partition coefficient (Wildman–Crippen LogP) is -0.142. The van der Waals surface area contributed by atoms with Crippen molar-refractivity contribution >= 4 is 5.97 Å². The van der Waals surface area contributed by atoms with Crippen LogP contribution in [0.3, 0.4) is 0 Å². The van der Waals surface area contributed by atoms with Gasteiger partial charge in [-0.3, -0.25) is 4.90 Å². The Hall–Kier alpha value is -1.97. The van der Waals surface area contributed by atoms with Crippen LogP contribution in [0.1, 0.15) is 16.2 Å². The van der Waals surface area contributed by atoms with Crippen LogP contribution < -0.4 is 0 Å². The molecular formula is C12H13N3O3. The highest BCUT2D eigenvalue weighted by atomic mass is 16.5. The summed E-state index contributed by atoms with van der Waals surface area (Å²) in [4.78, 5) is 20.4. The number of nitrogens with zero attached hydrogens (tertiary/aromatic N) is 3. The molecule has 0 aliphatic carbocycles. The molecule has 0 saturated carbocycles. The molecule has 18 heavy (non-hydrogen) atoms. The lowest BCUT2D eigenvalue weighted by Gasteiger charge is -2.24. The highest BCUT2D eigenvalue weighted by Gasteiger charge is 2.08. The Morgan fingerprint density at radius 2 is 2.22 bits per heavy atom. The molecule has 1 N–H and O–H groups in total. The maximum Gasteiger partial charge on any atom is 0.354 e. The van der Waals surface area contributed by atoms with Gasteiger partial charge in [0.25, 0.3) is 0 Å². The highest BCUT2D eigenvalue weighted by molar-refractivity contribution is 5.85. The van der Waals surface area contributed by atoms with E-state index in [-0.39, 0.29) is 5.69 Å². The average molecular weight is 247 g/mol. The van der Waals surface area contributed by atoms with Gasteiger partial charge in [0.15, 0.2) is 5.69 Å². The first-order valence-electron chi connectivity index (χ1n) is 5.60. The highest BCUT2D eigenvalue weighted by Crippen LogP contribution is 1.97. The van der Waals surface area contributed by atoms with Crippen LogP contribution in [0.4, 0.5) is 0 Å². The number of carboxylic acids is 1. The maximum atomic E-state index is 10.7. The fourth-order valence-electron chi connectivity index (χ4n) is 1.54. The molecule has 1 aliphatic heterocycles. The van der Waals surface area contributed by atoms with Gasteiger partial charge in [-0.25, -0.2) is 14.8 Å². The zero-order chi connectivity index (χ0) is 12.8. The molecule has 94 valence electrons. The number of hydrogen-bond donors (Lipinski definition) is 1. The van der Waals surface area contributed by atoms with Gasteiger partial charge in [0.1, 0.15) is 12.0 Å². The smallest absolute Gasteiger partial charge is 0.354 e. The number of carboxylic acid groups (broad SMARTS) is 1. The minimum atomic E-state index is -1.08. The van der Waals surface area contributed by atoms with E-state index in [4.69, 9.17) is 9.84 Å². The summed E-state index contributed by atoms with van der Waals surface area (Å²) < 4.78 is 5.23. The molecule has 2 rings (SSSR count). The number of morpholine rings is 1. The number of rotatable bonds is 2. The lowest BCUT2D eigenvalue weighted by molar-refractivity contribution is 0.0443. The van der Waals surface area contributed by atoms with Crippen molar-refractivity contribution in [1.82, 2.24) is 14.9 Å². The summed E-state index contributed by atoms with van der Waals surface area (Å²) in [6, 6.07) is 1.37. The molecule has 2 heterocycles. The minimum Gasteiger partial charge on any atom is -0.477 e. The molecule has 0 unspecified atom stereocenters. The van der Waals surface area contributed by atoms with Gasteiger partial charge < -0.3 is 9.84 Å². The minimum absolute atomic E-state index is 0.0410. The van der Waals surface area contributed by atoms with Crippen molar-refractivity contribution in [1.29, 1.82) is 0 Å². The van der Waals surface area contributed by atoms with E-state index in [0.717, 1.165) is 26.3 Å². The third kappa shape index (κ3) is 3.52. The van der Waals surface area contributed by atoms with Crippen LogP contribution in [0.5, 0.6) is 0 Å². The first-order chi connectivity index (χ1) is 8.75. The maximum absolute atomic E-state index is 10.7. The molecule has 1 aromatic heterocycles. The quantitative estimate of drug-likeness (QED) is 0.733. The van der Waals surface area contributed by atoms with Gasteiger partial charge in [0, 0.05) is 19.2 Å². The first kappa shape index (κ1) is 12.5. The Morgan fingerprint density at radius 1 is 1.44 bits per heavy atom. The van der Waals surface area contributed by atoms with E-state index in [1.165, 1.54) is 12.4 Å². The molecule has 0 aromatic carbocycles. The number of ether oxygens (including phenoxy) is 1. The van der Waals surface area contributed by atoms with E-state index in [1.807, 2.05) is 0 Å². The number of aromatic nitrogens is 2. The SMILES string of the molecule is O=C(O)c1cc(C#CCN2CCOCC2)ncn1. The van der Waals surface area contributed by atoms with Crippen LogP contribution in [0.2, 0.25) is 0 Å². The Morgan fingerprint density at radius 3 is 2.94 bits per heavy atom. The molecule has 0 atom stereocenters. The van der Waals surface area contributed by atoms with Gasteiger partial charge in [-0.15, -0.1) is 0 Å². The second-order valence-corrected chi connectivity index (χ2v) is 3.78. The lowest BCUT2D eigenvalue weighted by Crippen LogP contribution is -2.36. The van der Waals surface area contributed by atoms with Gasteiger partial charge in [0.2, 0.25) is 0 Å². The molecule has 0 bridgehead atoms. The lowest BCUT2D eigenvalue weighted by atomic mass is 10.3. The van der Waals surface area contributed by atoms with Crippen molar-refractivity contribution in [2.45, 2.75) is 0 Å². The zero-order valence-electron chi connectivity index (χ0n) is 9.80. The first-order valence-corrected chi connectivity index (χ1v) is 5.60. The van der Waals surface area contributed by atoms with Crippen LogP contribution in [0.25, 0.3) is 0 Å². The topological polar surface area (TPSA) is 75.5 Å². The molecule has 1 fully saturated rings. The molecule has 1 saturated heterocycles. The van der Waals surface area contributed by atoms with Crippen molar-refractivity contribution in [2.24, 2.45) is 0 Å². The van der Waals surface area contributed by atoms with Crippen LogP contribution in [0.15, 0.2) is 12.4 Å². The van der Waals surface area contributed by atoms with E-state index in [0.29, 0.717) is 12.2 Å². The normalized spacial score (nSPS) is 15.8. The van der Waals surface area contributed by atoms with E-state index in [9.17, 15) is 4.79 Å². The van der Waals surface area contributed by atoms with Crippen LogP contribution in [-0.4, -0.2) is 58.8 Å². The van der Waals surface area contributed by atoms with E-state index < -0.39 is 5.97 Å². The molecule has 1 aromatic rings. The predicted molar refractivity (Wildman–Crippen MR) is 63.1 cm³/mol. The summed E-state index contributed by atoms with van der Waals surface area (Å²) in [6.07, 6.45) is 1.21. The van der Waals surface area contributed by atoms with Crippen molar-refractivity contribution in [3.63, 3.8) is 0 Å². The van der Waals surface area contributed by atoms with E-state index in [1.54, 1.807) is 0 Å². The van der Waals surface area contributed by atoms with Gasteiger partial charge in [-0.1, -0.05) is 5.92 Å². The second kappa shape index (κ2) is 6.10. The van der Waals surface area contributed by atoms with E-state index in [2.05, 4.69) is 26.7 Å². The van der Waals surface area contributed by atoms with Gasteiger partial charge in [-0.05, 0) is 5.92 Å². The third-order valence-corrected chi connectivity index (χ3v) is 2.51. The fraction of sp³-hybridized carbons (Fsp3) is 0.417. The van der Waals surface area contributed by atoms with Gasteiger partial charge in [-0.2, -0.15) is 0 Å². The third-order valence-electron chi connectivity index (χ3n) is 2.51. The van der Waals surface area contributed by atoms with Gasteiger partial charge >= 0.3 is 5.97 Å². The second-order valence-electron chi connectivity index (χ2n) is 3.78. The number of carbonyl (C=O) groups is 1. The Labute approximate surface area is 105 Å². The molecule has 0 spiro atoms. The number of hydrogen-bond acceptors (Lipinski definition) is 5. The van der Waals surface area contributed by atoms with E-state index >= 15 is 0 Å². The zero-order valence-corrected chi connectivity index (χ0v) is 9.80. The van der Waals surface area contributed by atoms with Crippen molar-refractivity contribution in [3.05, 3.63) is 23.8 Å². The largest absolute Gasteiger partial charge is 0.477 e. The Kier molecular flexibility index (Phi) is 4.23. The summed E-state index contributed by atoms with van der Waals surface area (Å²) in [5.74, 6) is 4.74. The molecule has 1 aliphatic rings. The summed E-state index contributed by atoms with van der Waals surface area (Å²) >= 11 is 0. The van der Waals surface area contributed by atoms with Crippen LogP contribution in [-0.2, 0) is 4.74 Å². The number of aromatic carboxylic acids is 1. The van der Waals surface area contributed by atoms with Crippen molar-refractivity contribution in [2.75, 3.05) is 32.8 Å². The summed E-state index contributed by atoms with van der Waals surface area (Å²) in [7, 11) is 0.